The Morgan fingerprint density at radius 3 is 1.83 bits per heavy atom. The van der Waals surface area contributed by atoms with Gasteiger partial charge in [-0.25, -0.2) is 4.39 Å². The zero-order valence-electron chi connectivity index (χ0n) is 29.2. The minimum absolute atomic E-state index is 0.242. The summed E-state index contributed by atoms with van der Waals surface area (Å²) in [5.41, 5.74) is 12.2. The van der Waals surface area contributed by atoms with Crippen LogP contribution in [0.3, 0.4) is 0 Å². The number of rotatable bonds is 8. The standard InChI is InChI=1S/C49H35FN2S/c1-3-11-47(49-33(2)42-14-8-10-17-48(42)53-49)51(39-25-18-35(19-26-39)34-12-5-4-6-13-34)40-27-20-36(21-28-40)37-22-31-46-44(32-37)43-15-7-9-16-45(43)52(46)41-29-23-38(50)24-30-41/h3-32H,1H2,2H3/b47-11+. The first-order valence-corrected chi connectivity index (χ1v) is 18.6. The molecule has 0 aliphatic carbocycles. The lowest BCUT2D eigenvalue weighted by Crippen LogP contribution is -2.15. The monoisotopic (exact) mass is 702 g/mol. The molecule has 2 nitrogen and oxygen atoms in total. The van der Waals surface area contributed by atoms with Gasteiger partial charge in [0.15, 0.2) is 0 Å². The maximum absolute atomic E-state index is 13.9. The molecule has 9 aromatic rings. The molecule has 9 rings (SSSR count). The third-order valence-corrected chi connectivity index (χ3v) is 11.3. The normalized spacial score (nSPS) is 11.8. The van der Waals surface area contributed by atoms with Gasteiger partial charge in [-0.05, 0) is 119 Å². The minimum atomic E-state index is -0.242. The summed E-state index contributed by atoms with van der Waals surface area (Å²) < 4.78 is 17.3. The van der Waals surface area contributed by atoms with Crippen molar-refractivity contribution in [2.75, 3.05) is 4.90 Å². The highest BCUT2D eigenvalue weighted by molar-refractivity contribution is 7.20. The second kappa shape index (κ2) is 13.6. The van der Waals surface area contributed by atoms with Crippen molar-refractivity contribution in [1.82, 2.24) is 4.57 Å². The van der Waals surface area contributed by atoms with Gasteiger partial charge in [0.25, 0.3) is 0 Å². The van der Waals surface area contributed by atoms with Crippen LogP contribution in [0.5, 0.6) is 0 Å². The third kappa shape index (κ3) is 5.84. The lowest BCUT2D eigenvalue weighted by atomic mass is 10.0. The maximum Gasteiger partial charge on any atom is 0.123 e. The third-order valence-electron chi connectivity index (χ3n) is 10.0. The Balaban J connectivity index is 1.15. The smallest absolute Gasteiger partial charge is 0.123 e. The van der Waals surface area contributed by atoms with E-state index in [4.69, 9.17) is 0 Å². The van der Waals surface area contributed by atoms with Gasteiger partial charge in [0.2, 0.25) is 0 Å². The van der Waals surface area contributed by atoms with Gasteiger partial charge < -0.3 is 9.47 Å². The second-order valence-electron chi connectivity index (χ2n) is 13.2. The van der Waals surface area contributed by atoms with Gasteiger partial charge in [-0.15, -0.1) is 11.3 Å². The van der Waals surface area contributed by atoms with E-state index in [0.29, 0.717) is 0 Å². The highest BCUT2D eigenvalue weighted by Gasteiger charge is 2.22. The fraction of sp³-hybridized carbons (Fsp3) is 0.0204. The van der Waals surface area contributed by atoms with Gasteiger partial charge >= 0.3 is 0 Å². The molecule has 2 aromatic heterocycles. The van der Waals surface area contributed by atoms with Crippen molar-refractivity contribution >= 4 is 60.3 Å². The Morgan fingerprint density at radius 1 is 0.585 bits per heavy atom. The summed E-state index contributed by atoms with van der Waals surface area (Å²) in [6.07, 6.45) is 4.01. The van der Waals surface area contributed by atoms with Crippen LogP contribution in [0.1, 0.15) is 10.4 Å². The van der Waals surface area contributed by atoms with Gasteiger partial charge in [-0.3, -0.25) is 0 Å². The number of hydrogen-bond donors (Lipinski definition) is 0. The SMILES string of the molecule is C=C/C=C(\c1sc2ccccc2c1C)N(c1ccc(-c2ccccc2)cc1)c1ccc(-c2ccc3c(c2)c2ccccc2n3-c2ccc(F)cc2)cc1. The Kier molecular flexibility index (Phi) is 8.30. The molecule has 0 spiro atoms. The van der Waals surface area contributed by atoms with Crippen LogP contribution in [0.4, 0.5) is 15.8 Å². The van der Waals surface area contributed by atoms with Crippen molar-refractivity contribution in [3.63, 3.8) is 0 Å². The number of fused-ring (bicyclic) bond motifs is 4. The topological polar surface area (TPSA) is 8.17 Å². The molecule has 0 aliphatic rings. The van der Waals surface area contributed by atoms with E-state index >= 15 is 0 Å². The summed E-state index contributed by atoms with van der Waals surface area (Å²) in [5.74, 6) is -0.242. The van der Waals surface area contributed by atoms with E-state index in [1.165, 1.54) is 43.8 Å². The van der Waals surface area contributed by atoms with E-state index in [0.717, 1.165) is 55.7 Å². The number of aryl methyl sites for hydroxylation is 1. The molecule has 0 saturated heterocycles. The summed E-state index contributed by atoms with van der Waals surface area (Å²) in [6, 6.07) is 58.6. The summed E-state index contributed by atoms with van der Waals surface area (Å²) in [4.78, 5) is 3.56. The summed E-state index contributed by atoms with van der Waals surface area (Å²) in [5, 5.41) is 3.59. The van der Waals surface area contributed by atoms with Gasteiger partial charge in [-0.1, -0.05) is 110 Å². The molecule has 0 N–H and O–H groups in total. The highest BCUT2D eigenvalue weighted by atomic mass is 32.1. The molecular formula is C49H35FN2S. The molecule has 0 atom stereocenters. The predicted molar refractivity (Wildman–Crippen MR) is 225 cm³/mol. The van der Waals surface area contributed by atoms with Crippen LogP contribution in [0.25, 0.3) is 65.5 Å². The van der Waals surface area contributed by atoms with E-state index in [1.54, 1.807) is 0 Å². The molecule has 0 amide bonds. The van der Waals surface area contributed by atoms with Crippen LogP contribution in [0.2, 0.25) is 0 Å². The molecule has 0 fully saturated rings. The van der Waals surface area contributed by atoms with Crippen molar-refractivity contribution in [3.8, 4) is 27.9 Å². The Bertz CT molecular complexity index is 2790. The van der Waals surface area contributed by atoms with Gasteiger partial charge in [0.05, 0.1) is 21.6 Å². The quantitative estimate of drug-likeness (QED) is 0.143. The van der Waals surface area contributed by atoms with E-state index in [2.05, 4.69) is 169 Å². The largest absolute Gasteiger partial charge is 0.309 e. The fourth-order valence-electron chi connectivity index (χ4n) is 7.47. The molecule has 4 heteroatoms. The first kappa shape index (κ1) is 32.4. The highest BCUT2D eigenvalue weighted by Crippen LogP contribution is 2.43. The molecule has 53 heavy (non-hydrogen) atoms. The van der Waals surface area contributed by atoms with E-state index in [1.807, 2.05) is 35.6 Å². The van der Waals surface area contributed by atoms with Crippen LogP contribution < -0.4 is 4.90 Å². The maximum atomic E-state index is 13.9. The number of para-hydroxylation sites is 1. The number of thiophene rings is 1. The number of anilines is 2. The average molecular weight is 703 g/mol. The minimum Gasteiger partial charge on any atom is -0.309 e. The predicted octanol–water partition coefficient (Wildman–Crippen LogP) is 14.1. The molecule has 7 aromatic carbocycles. The Hall–Kier alpha value is -6.49. The van der Waals surface area contributed by atoms with Crippen molar-refractivity contribution in [3.05, 3.63) is 205 Å². The Labute approximate surface area is 312 Å². The van der Waals surface area contributed by atoms with E-state index in [-0.39, 0.29) is 5.82 Å². The number of nitrogens with zero attached hydrogens (tertiary/aromatic N) is 2. The first-order chi connectivity index (χ1) is 26.1. The van der Waals surface area contributed by atoms with Crippen molar-refractivity contribution in [2.24, 2.45) is 0 Å². The van der Waals surface area contributed by atoms with Gasteiger partial charge in [0.1, 0.15) is 5.82 Å². The van der Waals surface area contributed by atoms with Crippen LogP contribution in [0, 0.1) is 12.7 Å². The first-order valence-electron chi connectivity index (χ1n) is 17.7. The number of hydrogen-bond acceptors (Lipinski definition) is 2. The molecule has 254 valence electrons. The van der Waals surface area contributed by atoms with Crippen molar-refractivity contribution in [2.45, 2.75) is 6.92 Å². The zero-order chi connectivity index (χ0) is 35.9. The van der Waals surface area contributed by atoms with Crippen LogP contribution in [-0.4, -0.2) is 4.57 Å². The molecule has 0 bridgehead atoms. The van der Waals surface area contributed by atoms with Gasteiger partial charge in [-0.2, -0.15) is 0 Å². The van der Waals surface area contributed by atoms with Crippen molar-refractivity contribution in [1.29, 1.82) is 0 Å². The van der Waals surface area contributed by atoms with E-state index in [9.17, 15) is 4.39 Å². The summed E-state index contributed by atoms with van der Waals surface area (Å²) in [6.45, 7) is 6.36. The average Bonchev–Trinajstić information content (AvgIpc) is 3.73. The van der Waals surface area contributed by atoms with Crippen LogP contribution >= 0.6 is 11.3 Å². The second-order valence-corrected chi connectivity index (χ2v) is 14.2. The molecular weight excluding hydrogens is 668 g/mol. The molecule has 0 aliphatic heterocycles. The molecule has 0 unspecified atom stereocenters. The lowest BCUT2D eigenvalue weighted by molar-refractivity contribution is 0.627. The molecule has 2 heterocycles. The summed E-state index contributed by atoms with van der Waals surface area (Å²) >= 11 is 1.81. The van der Waals surface area contributed by atoms with Crippen molar-refractivity contribution < 1.29 is 4.39 Å². The lowest BCUT2D eigenvalue weighted by Gasteiger charge is -2.28. The fourth-order valence-corrected chi connectivity index (χ4v) is 8.69. The Morgan fingerprint density at radius 2 is 1.15 bits per heavy atom. The van der Waals surface area contributed by atoms with Crippen LogP contribution in [0.15, 0.2) is 189 Å². The van der Waals surface area contributed by atoms with E-state index < -0.39 is 0 Å². The van der Waals surface area contributed by atoms with Gasteiger partial charge in [0, 0.05) is 32.5 Å². The number of aromatic nitrogens is 1. The molecule has 0 saturated carbocycles. The number of halogens is 1. The van der Waals surface area contributed by atoms with Crippen LogP contribution in [-0.2, 0) is 0 Å². The summed E-state index contributed by atoms with van der Waals surface area (Å²) in [7, 11) is 0. The number of benzene rings is 7. The zero-order valence-corrected chi connectivity index (χ0v) is 30.0. The molecule has 0 radical (unpaired) electrons. The number of allylic oxidation sites excluding steroid dienone is 2.